The Morgan fingerprint density at radius 3 is 2.58 bits per heavy atom. The number of carbonyl (C=O) groups is 2. The summed E-state index contributed by atoms with van der Waals surface area (Å²) in [4.78, 5) is 23.2. The zero-order valence-corrected chi connectivity index (χ0v) is 11.2. The van der Waals surface area contributed by atoms with Crippen molar-refractivity contribution in [3.05, 3.63) is 17.5 Å². The lowest BCUT2D eigenvalue weighted by atomic mass is 9.87. The largest absolute Gasteiger partial charge is 0.478 e. The van der Waals surface area contributed by atoms with E-state index in [1.807, 2.05) is 0 Å². The van der Waals surface area contributed by atoms with Crippen molar-refractivity contribution in [2.24, 2.45) is 13.0 Å². The number of amides is 1. The molecule has 6 heteroatoms. The monoisotopic (exact) mass is 265 g/mol. The van der Waals surface area contributed by atoms with Gasteiger partial charge in [-0.1, -0.05) is 6.92 Å². The SMILES string of the molecule is CC1CCC(NC(=O)c2c(C(=O)O)cnn2C)CC1. The van der Waals surface area contributed by atoms with Crippen LogP contribution in [0.5, 0.6) is 0 Å². The van der Waals surface area contributed by atoms with Gasteiger partial charge in [-0.2, -0.15) is 5.10 Å². The van der Waals surface area contributed by atoms with Crippen LogP contribution in [-0.2, 0) is 7.05 Å². The summed E-state index contributed by atoms with van der Waals surface area (Å²) in [6, 6.07) is 0.139. The molecule has 0 bridgehead atoms. The second kappa shape index (κ2) is 5.42. The smallest absolute Gasteiger partial charge is 0.339 e. The second-order valence-electron chi connectivity index (χ2n) is 5.27. The molecule has 1 heterocycles. The number of carbonyl (C=O) groups excluding carboxylic acids is 1. The zero-order valence-electron chi connectivity index (χ0n) is 11.2. The van der Waals surface area contributed by atoms with Crippen molar-refractivity contribution in [2.45, 2.75) is 38.6 Å². The van der Waals surface area contributed by atoms with Crippen molar-refractivity contribution in [3.8, 4) is 0 Å². The molecule has 1 aromatic heterocycles. The van der Waals surface area contributed by atoms with E-state index in [4.69, 9.17) is 5.11 Å². The molecule has 1 amide bonds. The molecule has 0 aliphatic heterocycles. The molecule has 0 unspecified atom stereocenters. The van der Waals surface area contributed by atoms with Crippen molar-refractivity contribution in [3.63, 3.8) is 0 Å². The molecule has 104 valence electrons. The lowest BCUT2D eigenvalue weighted by molar-refractivity contribution is 0.0689. The number of carboxylic acids is 1. The Kier molecular flexibility index (Phi) is 3.87. The molecule has 1 fully saturated rings. The fourth-order valence-electron chi connectivity index (χ4n) is 2.52. The van der Waals surface area contributed by atoms with E-state index in [0.29, 0.717) is 5.92 Å². The van der Waals surface area contributed by atoms with Crippen molar-refractivity contribution >= 4 is 11.9 Å². The van der Waals surface area contributed by atoms with Gasteiger partial charge >= 0.3 is 5.97 Å². The van der Waals surface area contributed by atoms with Gasteiger partial charge < -0.3 is 10.4 Å². The van der Waals surface area contributed by atoms with Gasteiger partial charge in [0, 0.05) is 13.1 Å². The fraction of sp³-hybridized carbons (Fsp3) is 0.615. The highest BCUT2D eigenvalue weighted by Gasteiger charge is 2.25. The van der Waals surface area contributed by atoms with Crippen molar-refractivity contribution in [1.29, 1.82) is 0 Å². The molecule has 1 aromatic rings. The maximum absolute atomic E-state index is 12.2. The maximum Gasteiger partial charge on any atom is 0.339 e. The Morgan fingerprint density at radius 2 is 2.00 bits per heavy atom. The van der Waals surface area contributed by atoms with Crippen LogP contribution < -0.4 is 5.32 Å². The van der Waals surface area contributed by atoms with Crippen LogP contribution in [0.1, 0.15) is 53.5 Å². The average Bonchev–Trinajstić information content (AvgIpc) is 2.74. The van der Waals surface area contributed by atoms with Crippen LogP contribution in [-0.4, -0.2) is 32.8 Å². The molecule has 1 aliphatic carbocycles. The number of nitrogens with zero attached hydrogens (tertiary/aromatic N) is 2. The molecular weight excluding hydrogens is 246 g/mol. The van der Waals surface area contributed by atoms with Crippen LogP contribution >= 0.6 is 0 Å². The Morgan fingerprint density at radius 1 is 1.37 bits per heavy atom. The van der Waals surface area contributed by atoms with E-state index < -0.39 is 5.97 Å². The first-order chi connectivity index (χ1) is 8.99. The van der Waals surface area contributed by atoms with Gasteiger partial charge in [0.2, 0.25) is 0 Å². The minimum absolute atomic E-state index is 0.0517. The molecule has 2 N–H and O–H groups in total. The van der Waals surface area contributed by atoms with E-state index in [0.717, 1.165) is 25.7 Å². The lowest BCUT2D eigenvalue weighted by Crippen LogP contribution is -2.38. The number of nitrogens with one attached hydrogen (secondary N) is 1. The van der Waals surface area contributed by atoms with Gasteiger partial charge in [0.05, 0.1) is 6.20 Å². The van der Waals surface area contributed by atoms with E-state index >= 15 is 0 Å². The Balaban J connectivity index is 2.08. The summed E-state index contributed by atoms with van der Waals surface area (Å²) >= 11 is 0. The minimum Gasteiger partial charge on any atom is -0.478 e. The Bertz CT molecular complexity index is 487. The van der Waals surface area contributed by atoms with Gasteiger partial charge in [-0.3, -0.25) is 9.48 Å². The van der Waals surface area contributed by atoms with E-state index in [9.17, 15) is 9.59 Å². The van der Waals surface area contributed by atoms with Gasteiger partial charge in [0.25, 0.3) is 5.91 Å². The van der Waals surface area contributed by atoms with Crippen LogP contribution in [0.15, 0.2) is 6.20 Å². The zero-order chi connectivity index (χ0) is 14.0. The highest BCUT2D eigenvalue weighted by molar-refractivity contribution is 6.03. The number of aryl methyl sites for hydroxylation is 1. The molecule has 1 aliphatic rings. The van der Waals surface area contributed by atoms with E-state index in [1.165, 1.54) is 10.9 Å². The molecule has 0 radical (unpaired) electrons. The quantitative estimate of drug-likeness (QED) is 0.865. The number of carboxylic acid groups (broad SMARTS) is 1. The topological polar surface area (TPSA) is 84.2 Å². The lowest BCUT2D eigenvalue weighted by Gasteiger charge is -2.26. The van der Waals surface area contributed by atoms with Crippen LogP contribution in [0.4, 0.5) is 0 Å². The normalized spacial score (nSPS) is 23.1. The highest BCUT2D eigenvalue weighted by Crippen LogP contribution is 2.23. The summed E-state index contributed by atoms with van der Waals surface area (Å²) in [6.45, 7) is 2.21. The molecule has 0 aromatic carbocycles. The number of rotatable bonds is 3. The predicted octanol–water partition coefficient (Wildman–Crippen LogP) is 1.43. The van der Waals surface area contributed by atoms with Gasteiger partial charge in [-0.15, -0.1) is 0 Å². The maximum atomic E-state index is 12.2. The van der Waals surface area contributed by atoms with Crippen LogP contribution in [0.3, 0.4) is 0 Å². The third-order valence-electron chi connectivity index (χ3n) is 3.74. The van der Waals surface area contributed by atoms with Gasteiger partial charge in [-0.25, -0.2) is 4.79 Å². The summed E-state index contributed by atoms with van der Waals surface area (Å²) in [5.74, 6) is -0.771. The Hall–Kier alpha value is -1.85. The fourth-order valence-corrected chi connectivity index (χ4v) is 2.52. The summed E-state index contributed by atoms with van der Waals surface area (Å²) in [6.07, 6.45) is 5.31. The van der Waals surface area contributed by atoms with Gasteiger partial charge in [0.1, 0.15) is 11.3 Å². The molecule has 19 heavy (non-hydrogen) atoms. The predicted molar refractivity (Wildman–Crippen MR) is 69.1 cm³/mol. The summed E-state index contributed by atoms with van der Waals surface area (Å²) < 4.78 is 1.31. The van der Waals surface area contributed by atoms with Gasteiger partial charge in [-0.05, 0) is 31.6 Å². The average molecular weight is 265 g/mol. The van der Waals surface area contributed by atoms with Crippen LogP contribution in [0.2, 0.25) is 0 Å². The molecule has 0 saturated heterocycles. The number of aromatic carboxylic acids is 1. The first-order valence-corrected chi connectivity index (χ1v) is 6.55. The first-order valence-electron chi connectivity index (χ1n) is 6.55. The van der Waals surface area contributed by atoms with E-state index in [2.05, 4.69) is 17.3 Å². The van der Waals surface area contributed by atoms with Gasteiger partial charge in [0.15, 0.2) is 0 Å². The van der Waals surface area contributed by atoms with Crippen molar-refractivity contribution in [2.75, 3.05) is 0 Å². The molecule has 2 rings (SSSR count). The summed E-state index contributed by atoms with van der Waals surface area (Å²) in [5, 5.41) is 15.8. The van der Waals surface area contributed by atoms with E-state index in [-0.39, 0.29) is 23.2 Å². The van der Waals surface area contributed by atoms with Crippen molar-refractivity contribution < 1.29 is 14.7 Å². The molecule has 0 spiro atoms. The summed E-state index contributed by atoms with van der Waals surface area (Å²) in [5.41, 5.74) is 0.0651. The molecular formula is C13H19N3O3. The second-order valence-corrected chi connectivity index (χ2v) is 5.27. The van der Waals surface area contributed by atoms with Crippen LogP contribution in [0.25, 0.3) is 0 Å². The third-order valence-corrected chi connectivity index (χ3v) is 3.74. The van der Waals surface area contributed by atoms with Crippen molar-refractivity contribution in [1.82, 2.24) is 15.1 Å². The first kappa shape index (κ1) is 13.6. The van der Waals surface area contributed by atoms with E-state index in [1.54, 1.807) is 7.05 Å². The number of hydrogen-bond donors (Lipinski definition) is 2. The number of aromatic nitrogens is 2. The minimum atomic E-state index is -1.13. The molecule has 0 atom stereocenters. The standard InChI is InChI=1S/C13H19N3O3/c1-8-3-5-9(6-4-8)15-12(17)11-10(13(18)19)7-14-16(11)2/h7-9H,3-6H2,1-2H3,(H,15,17)(H,18,19). The Labute approximate surface area is 111 Å². The highest BCUT2D eigenvalue weighted by atomic mass is 16.4. The van der Waals surface area contributed by atoms with Crippen LogP contribution in [0, 0.1) is 5.92 Å². The summed E-state index contributed by atoms with van der Waals surface area (Å²) in [7, 11) is 1.57. The third kappa shape index (κ3) is 2.94. The molecule has 1 saturated carbocycles. The molecule has 6 nitrogen and oxygen atoms in total. The number of hydrogen-bond acceptors (Lipinski definition) is 3.